The molecule has 23 heavy (non-hydrogen) atoms. The zero-order chi connectivity index (χ0) is 17.4. The van der Waals surface area contributed by atoms with Gasteiger partial charge in [0.15, 0.2) is 6.61 Å². The van der Waals surface area contributed by atoms with E-state index in [0.29, 0.717) is 12.5 Å². The summed E-state index contributed by atoms with van der Waals surface area (Å²) in [6.45, 7) is 3.88. The predicted octanol–water partition coefficient (Wildman–Crippen LogP) is 2.42. The highest BCUT2D eigenvalue weighted by Crippen LogP contribution is 2.19. The van der Waals surface area contributed by atoms with Crippen LogP contribution in [0.5, 0.6) is 0 Å². The summed E-state index contributed by atoms with van der Waals surface area (Å²) in [5, 5.41) is 4.72. The summed E-state index contributed by atoms with van der Waals surface area (Å²) in [6, 6.07) is 0.637. The van der Waals surface area contributed by atoms with Crippen molar-refractivity contribution in [2.75, 3.05) is 13.2 Å². The molecule has 1 heterocycles. The molecule has 2 N–H and O–H groups in total. The summed E-state index contributed by atoms with van der Waals surface area (Å²) in [7, 11) is 0. The van der Waals surface area contributed by atoms with E-state index in [1.165, 1.54) is 12.3 Å². The van der Waals surface area contributed by atoms with Crippen LogP contribution < -0.4 is 10.6 Å². The number of carbonyl (C=O) groups is 3. The molecule has 1 aromatic heterocycles. The van der Waals surface area contributed by atoms with Crippen molar-refractivity contribution in [3.05, 3.63) is 28.0 Å². The first-order chi connectivity index (χ1) is 10.8. The zero-order valence-corrected chi connectivity index (χ0v) is 14.2. The van der Waals surface area contributed by atoms with Gasteiger partial charge in [-0.05, 0) is 18.4 Å². The number of urea groups is 1. The van der Waals surface area contributed by atoms with Gasteiger partial charge in [-0.2, -0.15) is 0 Å². The molecular formula is C14H17Cl2N3O4. The van der Waals surface area contributed by atoms with Crippen molar-refractivity contribution in [3.63, 3.8) is 0 Å². The van der Waals surface area contributed by atoms with Crippen LogP contribution in [0.3, 0.4) is 0 Å². The molecular weight excluding hydrogens is 345 g/mol. The van der Waals surface area contributed by atoms with Crippen molar-refractivity contribution in [1.29, 1.82) is 0 Å². The van der Waals surface area contributed by atoms with Gasteiger partial charge in [-0.3, -0.25) is 10.1 Å². The topological polar surface area (TPSA) is 97.4 Å². The molecule has 0 radical (unpaired) electrons. The largest absolute Gasteiger partial charge is 0.452 e. The molecule has 0 saturated carbocycles. The molecule has 0 aliphatic rings. The number of nitrogens with one attached hydrogen (secondary N) is 2. The molecule has 0 saturated heterocycles. The number of aromatic nitrogens is 1. The Hall–Kier alpha value is -1.86. The minimum absolute atomic E-state index is 0.0496. The van der Waals surface area contributed by atoms with E-state index >= 15 is 0 Å². The number of pyridine rings is 1. The van der Waals surface area contributed by atoms with Crippen molar-refractivity contribution in [2.24, 2.45) is 5.92 Å². The van der Waals surface area contributed by atoms with Gasteiger partial charge < -0.3 is 10.1 Å². The summed E-state index contributed by atoms with van der Waals surface area (Å²) in [5.41, 5.74) is 0.0496. The lowest BCUT2D eigenvalue weighted by molar-refractivity contribution is -0.123. The van der Waals surface area contributed by atoms with E-state index in [2.05, 4.69) is 15.6 Å². The second kappa shape index (κ2) is 9.32. The Bertz CT molecular complexity index is 593. The second-order valence-electron chi connectivity index (χ2n) is 5.06. The number of carbonyl (C=O) groups excluding carboxylic acids is 3. The standard InChI is InChI=1S/C14H17Cl2N3O4/c1-8(2)3-4-17-14(22)19-11(20)7-23-13(21)9-5-10(15)12(16)18-6-9/h5-6,8H,3-4,7H2,1-2H3,(H2,17,19,20,22). The van der Waals surface area contributed by atoms with E-state index < -0.39 is 24.5 Å². The zero-order valence-electron chi connectivity index (χ0n) is 12.7. The van der Waals surface area contributed by atoms with Gasteiger partial charge in [-0.25, -0.2) is 14.6 Å². The van der Waals surface area contributed by atoms with Crippen molar-refractivity contribution in [2.45, 2.75) is 20.3 Å². The maximum absolute atomic E-state index is 11.7. The molecule has 0 spiro atoms. The van der Waals surface area contributed by atoms with Crippen LogP contribution in [-0.4, -0.2) is 36.0 Å². The molecule has 9 heteroatoms. The Morgan fingerprint density at radius 1 is 1.30 bits per heavy atom. The molecule has 0 aliphatic heterocycles. The van der Waals surface area contributed by atoms with Crippen LogP contribution in [-0.2, 0) is 9.53 Å². The molecule has 0 fully saturated rings. The highest BCUT2D eigenvalue weighted by Gasteiger charge is 2.14. The number of rotatable bonds is 6. The van der Waals surface area contributed by atoms with Crippen LogP contribution in [0, 0.1) is 5.92 Å². The number of hydrogen-bond donors (Lipinski definition) is 2. The number of halogens is 2. The first-order valence-corrected chi connectivity index (χ1v) is 7.61. The van der Waals surface area contributed by atoms with E-state index in [-0.39, 0.29) is 15.7 Å². The lowest BCUT2D eigenvalue weighted by Crippen LogP contribution is -2.42. The van der Waals surface area contributed by atoms with Gasteiger partial charge in [0.1, 0.15) is 5.15 Å². The molecule has 7 nitrogen and oxygen atoms in total. The van der Waals surface area contributed by atoms with Gasteiger partial charge in [-0.15, -0.1) is 0 Å². The number of esters is 1. The Labute approximate surface area is 143 Å². The third-order valence-electron chi connectivity index (χ3n) is 2.63. The number of amides is 3. The number of imide groups is 1. The molecule has 0 aliphatic carbocycles. The summed E-state index contributed by atoms with van der Waals surface area (Å²) < 4.78 is 4.76. The Kier molecular flexibility index (Phi) is 7.77. The van der Waals surface area contributed by atoms with Crippen LogP contribution in [0.25, 0.3) is 0 Å². The number of hydrogen-bond acceptors (Lipinski definition) is 5. The minimum atomic E-state index is -0.800. The molecule has 126 valence electrons. The van der Waals surface area contributed by atoms with Crippen LogP contribution in [0.4, 0.5) is 4.79 Å². The van der Waals surface area contributed by atoms with Gasteiger partial charge in [0, 0.05) is 12.7 Å². The van der Waals surface area contributed by atoms with Crippen LogP contribution >= 0.6 is 23.2 Å². The van der Waals surface area contributed by atoms with E-state index in [1.807, 2.05) is 13.8 Å². The van der Waals surface area contributed by atoms with Gasteiger partial charge in [0.2, 0.25) is 0 Å². The lowest BCUT2D eigenvalue weighted by Gasteiger charge is -2.08. The average molecular weight is 362 g/mol. The molecule has 3 amide bonds. The molecule has 1 rings (SSSR count). The molecule has 0 bridgehead atoms. The van der Waals surface area contributed by atoms with Crippen LogP contribution in [0.15, 0.2) is 12.3 Å². The normalized spacial score (nSPS) is 10.3. The summed E-state index contributed by atoms with van der Waals surface area (Å²) >= 11 is 11.4. The highest BCUT2D eigenvalue weighted by molar-refractivity contribution is 6.41. The first kappa shape index (κ1) is 19.2. The average Bonchev–Trinajstić information content (AvgIpc) is 2.47. The van der Waals surface area contributed by atoms with E-state index in [1.54, 1.807) is 0 Å². The van der Waals surface area contributed by atoms with E-state index in [4.69, 9.17) is 27.9 Å². The maximum atomic E-state index is 11.7. The third-order valence-corrected chi connectivity index (χ3v) is 3.31. The monoisotopic (exact) mass is 361 g/mol. The fourth-order valence-electron chi connectivity index (χ4n) is 1.43. The fraction of sp³-hybridized carbons (Fsp3) is 0.429. The predicted molar refractivity (Wildman–Crippen MR) is 85.5 cm³/mol. The molecule has 0 atom stereocenters. The van der Waals surface area contributed by atoms with Crippen LogP contribution in [0.1, 0.15) is 30.6 Å². The summed E-state index contributed by atoms with van der Waals surface area (Å²) in [5.74, 6) is -1.10. The maximum Gasteiger partial charge on any atom is 0.340 e. The van der Waals surface area contributed by atoms with Crippen LogP contribution in [0.2, 0.25) is 10.2 Å². The fourth-order valence-corrected chi connectivity index (χ4v) is 1.70. The SMILES string of the molecule is CC(C)CCNC(=O)NC(=O)COC(=O)c1cnc(Cl)c(Cl)c1. The number of nitrogens with zero attached hydrogens (tertiary/aromatic N) is 1. The van der Waals surface area contributed by atoms with E-state index in [9.17, 15) is 14.4 Å². The number of ether oxygens (including phenoxy) is 1. The van der Waals surface area contributed by atoms with Gasteiger partial charge >= 0.3 is 12.0 Å². The first-order valence-electron chi connectivity index (χ1n) is 6.85. The van der Waals surface area contributed by atoms with Crippen molar-refractivity contribution in [3.8, 4) is 0 Å². The molecule has 0 aromatic carbocycles. The smallest absolute Gasteiger partial charge is 0.340 e. The Morgan fingerprint density at radius 3 is 2.61 bits per heavy atom. The van der Waals surface area contributed by atoms with Gasteiger partial charge in [-0.1, -0.05) is 37.0 Å². The van der Waals surface area contributed by atoms with Gasteiger partial charge in [0.25, 0.3) is 5.91 Å². The van der Waals surface area contributed by atoms with Gasteiger partial charge in [0.05, 0.1) is 10.6 Å². The second-order valence-corrected chi connectivity index (χ2v) is 5.82. The Balaban J connectivity index is 2.36. The van der Waals surface area contributed by atoms with Crippen molar-refractivity contribution >= 4 is 41.1 Å². The molecule has 1 aromatic rings. The lowest BCUT2D eigenvalue weighted by atomic mass is 10.1. The molecule has 0 unspecified atom stereocenters. The summed E-state index contributed by atoms with van der Waals surface area (Å²) in [6.07, 6.45) is 1.97. The van der Waals surface area contributed by atoms with Crippen molar-refractivity contribution in [1.82, 2.24) is 15.6 Å². The third kappa shape index (κ3) is 7.30. The quantitative estimate of drug-likeness (QED) is 0.598. The summed E-state index contributed by atoms with van der Waals surface area (Å²) in [4.78, 5) is 38.3. The Morgan fingerprint density at radius 2 is 2.00 bits per heavy atom. The van der Waals surface area contributed by atoms with E-state index in [0.717, 1.165) is 6.42 Å². The highest BCUT2D eigenvalue weighted by atomic mass is 35.5. The minimum Gasteiger partial charge on any atom is -0.452 e. The van der Waals surface area contributed by atoms with Crippen molar-refractivity contribution < 1.29 is 19.1 Å².